The van der Waals surface area contributed by atoms with Gasteiger partial charge in [0.05, 0.1) is 0 Å². The monoisotopic (exact) mass is 353 g/mol. The van der Waals surface area contributed by atoms with Gasteiger partial charge >= 0.3 is 0 Å². The second kappa shape index (κ2) is 9.54. The van der Waals surface area contributed by atoms with Crippen LogP contribution < -0.4 is 10.6 Å². The van der Waals surface area contributed by atoms with Crippen molar-refractivity contribution in [2.45, 2.75) is 32.2 Å². The zero-order valence-electron chi connectivity index (χ0n) is 14.7. The number of nitrogens with one attached hydrogen (secondary N) is 2. The van der Waals surface area contributed by atoms with Crippen LogP contribution in [0.1, 0.15) is 30.4 Å². The van der Waals surface area contributed by atoms with Crippen LogP contribution in [0, 0.1) is 0 Å². The summed E-state index contributed by atoms with van der Waals surface area (Å²) in [6.07, 6.45) is 5.02. The minimum Gasteiger partial charge on any atom is -0.362 e. The first-order chi connectivity index (χ1) is 12.3. The molecule has 0 saturated carbocycles. The lowest BCUT2D eigenvalue weighted by atomic mass is 10.1. The first-order valence-corrected chi connectivity index (χ1v) is 9.60. The van der Waals surface area contributed by atoms with Crippen molar-refractivity contribution >= 4 is 23.0 Å². The zero-order valence-corrected chi connectivity index (χ0v) is 15.5. The number of hydrogen-bond donors (Lipinski definition) is 2. The van der Waals surface area contributed by atoms with Crippen molar-refractivity contribution in [2.24, 2.45) is 0 Å². The van der Waals surface area contributed by atoms with E-state index in [-0.39, 0.29) is 0 Å². The molecule has 132 valence electrons. The summed E-state index contributed by atoms with van der Waals surface area (Å²) in [5.74, 6) is 0. The molecule has 3 rings (SSSR count). The van der Waals surface area contributed by atoms with Crippen molar-refractivity contribution in [2.75, 3.05) is 25.0 Å². The molecule has 2 aromatic carbocycles. The number of nitrogens with zero attached hydrogens (tertiary/aromatic N) is 1. The van der Waals surface area contributed by atoms with E-state index in [0.717, 1.165) is 25.2 Å². The fourth-order valence-electron chi connectivity index (χ4n) is 3.21. The van der Waals surface area contributed by atoms with Crippen molar-refractivity contribution in [1.29, 1.82) is 0 Å². The number of benzene rings is 2. The highest BCUT2D eigenvalue weighted by Crippen LogP contribution is 2.15. The molecule has 1 aliphatic rings. The minimum atomic E-state index is 0.680. The van der Waals surface area contributed by atoms with Gasteiger partial charge < -0.3 is 10.6 Å². The average Bonchev–Trinajstić information content (AvgIpc) is 2.65. The molecule has 2 aromatic rings. The molecule has 0 unspecified atom stereocenters. The predicted molar refractivity (Wildman–Crippen MR) is 110 cm³/mol. The van der Waals surface area contributed by atoms with Crippen LogP contribution in [0.4, 0.5) is 5.69 Å². The number of hydrogen-bond acceptors (Lipinski definition) is 2. The highest BCUT2D eigenvalue weighted by molar-refractivity contribution is 7.80. The maximum atomic E-state index is 5.38. The van der Waals surface area contributed by atoms with Crippen molar-refractivity contribution in [3.8, 4) is 0 Å². The van der Waals surface area contributed by atoms with E-state index in [2.05, 4.69) is 64.1 Å². The highest BCUT2D eigenvalue weighted by Gasteiger charge is 2.10. The summed E-state index contributed by atoms with van der Waals surface area (Å²) in [5, 5.41) is 7.22. The number of rotatable bonds is 6. The van der Waals surface area contributed by atoms with Gasteiger partial charge in [0.25, 0.3) is 0 Å². The van der Waals surface area contributed by atoms with E-state index in [0.29, 0.717) is 5.11 Å². The third kappa shape index (κ3) is 6.15. The summed E-state index contributed by atoms with van der Waals surface area (Å²) in [6, 6.07) is 19.1. The maximum Gasteiger partial charge on any atom is 0.170 e. The van der Waals surface area contributed by atoms with Crippen LogP contribution in [-0.2, 0) is 13.0 Å². The first kappa shape index (κ1) is 17.9. The van der Waals surface area contributed by atoms with Crippen LogP contribution in [0.5, 0.6) is 0 Å². The minimum absolute atomic E-state index is 0.680. The molecule has 1 heterocycles. The highest BCUT2D eigenvalue weighted by atomic mass is 32.1. The fourth-order valence-corrected chi connectivity index (χ4v) is 3.43. The van der Waals surface area contributed by atoms with Crippen molar-refractivity contribution in [1.82, 2.24) is 10.2 Å². The van der Waals surface area contributed by atoms with Gasteiger partial charge in [-0.15, -0.1) is 0 Å². The largest absolute Gasteiger partial charge is 0.362 e. The van der Waals surface area contributed by atoms with Crippen molar-refractivity contribution < 1.29 is 0 Å². The second-order valence-corrected chi connectivity index (χ2v) is 7.06. The van der Waals surface area contributed by atoms with E-state index in [9.17, 15) is 0 Å². The van der Waals surface area contributed by atoms with Gasteiger partial charge in [0, 0.05) is 18.8 Å². The molecule has 0 aliphatic carbocycles. The molecule has 1 fully saturated rings. The molecular formula is C21H27N3S. The SMILES string of the molecule is S=C(NCCc1ccccc1)Nc1ccc(CN2CCCCC2)cc1. The molecule has 0 atom stereocenters. The summed E-state index contributed by atoms with van der Waals surface area (Å²) >= 11 is 5.38. The van der Waals surface area contributed by atoms with E-state index < -0.39 is 0 Å². The number of likely N-dealkylation sites (tertiary alicyclic amines) is 1. The summed E-state index contributed by atoms with van der Waals surface area (Å²) in [7, 11) is 0. The molecular weight excluding hydrogens is 326 g/mol. The van der Waals surface area contributed by atoms with Gasteiger partial charge in [0.1, 0.15) is 0 Å². The molecule has 0 aromatic heterocycles. The van der Waals surface area contributed by atoms with E-state index in [1.807, 2.05) is 6.07 Å². The zero-order chi connectivity index (χ0) is 17.3. The molecule has 0 amide bonds. The Morgan fingerprint density at radius 2 is 1.60 bits per heavy atom. The van der Waals surface area contributed by atoms with Crippen LogP contribution >= 0.6 is 12.2 Å². The van der Waals surface area contributed by atoms with Gasteiger partial charge in [-0.1, -0.05) is 48.9 Å². The topological polar surface area (TPSA) is 27.3 Å². The van der Waals surface area contributed by atoms with E-state index in [1.165, 1.54) is 43.5 Å². The van der Waals surface area contributed by atoms with Gasteiger partial charge in [-0.2, -0.15) is 0 Å². The van der Waals surface area contributed by atoms with Gasteiger partial charge in [-0.25, -0.2) is 0 Å². The Labute approximate surface area is 156 Å². The second-order valence-electron chi connectivity index (χ2n) is 6.65. The van der Waals surface area contributed by atoms with Crippen LogP contribution in [0.25, 0.3) is 0 Å². The number of anilines is 1. The lowest BCUT2D eigenvalue weighted by molar-refractivity contribution is 0.221. The lowest BCUT2D eigenvalue weighted by Gasteiger charge is -2.26. The molecule has 1 aliphatic heterocycles. The van der Waals surface area contributed by atoms with Crippen LogP contribution in [0.15, 0.2) is 54.6 Å². The lowest BCUT2D eigenvalue weighted by Crippen LogP contribution is -2.30. The molecule has 0 radical (unpaired) electrons. The molecule has 1 saturated heterocycles. The standard InChI is InChI=1S/C21H27N3S/c25-21(22-14-13-18-7-3-1-4-8-18)23-20-11-9-19(10-12-20)17-24-15-5-2-6-16-24/h1,3-4,7-12H,2,5-6,13-17H2,(H2,22,23,25). The Hall–Kier alpha value is -1.91. The quantitative estimate of drug-likeness (QED) is 0.761. The first-order valence-electron chi connectivity index (χ1n) is 9.20. The van der Waals surface area contributed by atoms with Crippen LogP contribution in [-0.4, -0.2) is 29.6 Å². The Bertz CT molecular complexity index is 649. The molecule has 2 N–H and O–H groups in total. The maximum absolute atomic E-state index is 5.38. The summed E-state index contributed by atoms with van der Waals surface area (Å²) in [5.41, 5.74) is 3.73. The summed E-state index contributed by atoms with van der Waals surface area (Å²) in [4.78, 5) is 2.54. The third-order valence-electron chi connectivity index (χ3n) is 4.61. The fraction of sp³-hybridized carbons (Fsp3) is 0.381. The Morgan fingerprint density at radius 1 is 0.880 bits per heavy atom. The molecule has 0 bridgehead atoms. The number of piperidine rings is 1. The predicted octanol–water partition coefficient (Wildman–Crippen LogP) is 4.20. The van der Waals surface area contributed by atoms with Gasteiger partial charge in [0.2, 0.25) is 0 Å². The summed E-state index contributed by atoms with van der Waals surface area (Å²) in [6.45, 7) is 4.35. The molecule has 3 nitrogen and oxygen atoms in total. The van der Waals surface area contributed by atoms with Crippen LogP contribution in [0.3, 0.4) is 0 Å². The smallest absolute Gasteiger partial charge is 0.170 e. The van der Waals surface area contributed by atoms with Crippen molar-refractivity contribution in [3.05, 3.63) is 65.7 Å². The van der Waals surface area contributed by atoms with E-state index >= 15 is 0 Å². The normalized spacial score (nSPS) is 14.9. The van der Waals surface area contributed by atoms with Crippen molar-refractivity contribution in [3.63, 3.8) is 0 Å². The average molecular weight is 354 g/mol. The molecule has 25 heavy (non-hydrogen) atoms. The van der Waals surface area contributed by atoms with Gasteiger partial charge in [-0.3, -0.25) is 4.90 Å². The Balaban J connectivity index is 1.40. The molecule has 0 spiro atoms. The Kier molecular flexibility index (Phi) is 6.83. The number of thiocarbonyl (C=S) groups is 1. The van der Waals surface area contributed by atoms with E-state index in [1.54, 1.807) is 0 Å². The van der Waals surface area contributed by atoms with E-state index in [4.69, 9.17) is 12.2 Å². The summed E-state index contributed by atoms with van der Waals surface area (Å²) < 4.78 is 0. The third-order valence-corrected chi connectivity index (χ3v) is 4.86. The molecule has 4 heteroatoms. The van der Waals surface area contributed by atoms with Gasteiger partial charge in [0.15, 0.2) is 5.11 Å². The van der Waals surface area contributed by atoms with Gasteiger partial charge in [-0.05, 0) is 67.8 Å². The Morgan fingerprint density at radius 3 is 2.32 bits per heavy atom. The van der Waals surface area contributed by atoms with Crippen LogP contribution in [0.2, 0.25) is 0 Å².